The van der Waals surface area contributed by atoms with Gasteiger partial charge < -0.3 is 10.6 Å². The van der Waals surface area contributed by atoms with Crippen LogP contribution in [0.5, 0.6) is 0 Å². The van der Waals surface area contributed by atoms with Gasteiger partial charge in [0.1, 0.15) is 5.69 Å². The number of carbonyl (C=O) groups excluding carboxylic acids is 1. The molecule has 0 atom stereocenters. The highest BCUT2D eigenvalue weighted by atomic mass is 16.6. The van der Waals surface area contributed by atoms with Crippen molar-refractivity contribution in [1.29, 1.82) is 0 Å². The molecule has 2 aliphatic carbocycles. The van der Waals surface area contributed by atoms with Gasteiger partial charge in [0.15, 0.2) is 0 Å². The van der Waals surface area contributed by atoms with Crippen LogP contribution >= 0.6 is 0 Å². The quantitative estimate of drug-likeness (QED) is 0.622. The van der Waals surface area contributed by atoms with Crippen LogP contribution in [-0.2, 0) is 0 Å². The molecule has 0 saturated heterocycles. The van der Waals surface area contributed by atoms with Crippen LogP contribution in [0.25, 0.3) is 0 Å². The first-order valence-electron chi connectivity index (χ1n) is 7.30. The molecule has 0 bridgehead atoms. The van der Waals surface area contributed by atoms with Crippen molar-refractivity contribution in [3.05, 3.63) is 33.9 Å². The number of nitrogens with one attached hydrogen (secondary N) is 2. The van der Waals surface area contributed by atoms with Crippen molar-refractivity contribution in [3.8, 4) is 0 Å². The number of anilines is 1. The lowest BCUT2D eigenvalue weighted by Crippen LogP contribution is -2.19. The summed E-state index contributed by atoms with van der Waals surface area (Å²) in [7, 11) is 1.51. The Morgan fingerprint density at radius 1 is 1.43 bits per heavy atom. The zero-order valence-electron chi connectivity index (χ0n) is 12.0. The Hall–Kier alpha value is -2.11. The standard InChI is InChI=1S/C15H19N3O3/c1-16-14(19)10-2-5-12(13(8-10)18(20)21)17-9-15(6-7-15)11-3-4-11/h2,5,8,11,17H,3-4,6-7,9H2,1H3,(H,16,19). The number of rotatable bonds is 6. The Kier molecular flexibility index (Phi) is 3.31. The van der Waals surface area contributed by atoms with E-state index in [1.54, 1.807) is 12.1 Å². The molecule has 2 N–H and O–H groups in total. The lowest BCUT2D eigenvalue weighted by Gasteiger charge is -2.16. The van der Waals surface area contributed by atoms with Crippen molar-refractivity contribution in [1.82, 2.24) is 5.32 Å². The molecule has 0 radical (unpaired) electrons. The van der Waals surface area contributed by atoms with Crippen molar-refractivity contribution >= 4 is 17.3 Å². The number of amides is 1. The highest BCUT2D eigenvalue weighted by Crippen LogP contribution is 2.61. The molecule has 2 saturated carbocycles. The molecule has 112 valence electrons. The predicted octanol–water partition coefficient (Wildman–Crippen LogP) is 2.56. The summed E-state index contributed by atoms with van der Waals surface area (Å²) in [6.45, 7) is 0.790. The van der Waals surface area contributed by atoms with Gasteiger partial charge in [-0.25, -0.2) is 0 Å². The number of carbonyl (C=O) groups is 1. The van der Waals surface area contributed by atoms with Crippen molar-refractivity contribution < 1.29 is 9.72 Å². The number of hydrogen-bond acceptors (Lipinski definition) is 4. The Labute approximate surface area is 123 Å². The van der Waals surface area contributed by atoms with E-state index in [0.717, 1.165) is 12.5 Å². The van der Waals surface area contributed by atoms with E-state index in [0.29, 0.717) is 16.7 Å². The summed E-state index contributed by atoms with van der Waals surface area (Å²) in [6.07, 6.45) is 5.02. The lowest BCUT2D eigenvalue weighted by atomic mass is 10.0. The summed E-state index contributed by atoms with van der Waals surface area (Å²) in [6, 6.07) is 4.58. The number of nitrogens with zero attached hydrogens (tertiary/aromatic N) is 1. The second kappa shape index (κ2) is 5.02. The molecule has 6 heteroatoms. The molecule has 21 heavy (non-hydrogen) atoms. The van der Waals surface area contributed by atoms with Gasteiger partial charge in [0, 0.05) is 25.2 Å². The minimum Gasteiger partial charge on any atom is -0.379 e. The third-order valence-electron chi connectivity index (χ3n) is 4.65. The Balaban J connectivity index is 1.77. The molecule has 2 fully saturated rings. The molecule has 2 aliphatic rings. The van der Waals surface area contributed by atoms with E-state index in [9.17, 15) is 14.9 Å². The van der Waals surface area contributed by atoms with Gasteiger partial charge in [0.05, 0.1) is 4.92 Å². The van der Waals surface area contributed by atoms with Crippen LogP contribution in [0, 0.1) is 21.4 Å². The Bertz CT molecular complexity index is 592. The molecule has 0 spiro atoms. The first-order valence-corrected chi connectivity index (χ1v) is 7.30. The van der Waals surface area contributed by atoms with Crippen LogP contribution in [0.3, 0.4) is 0 Å². The molecular formula is C15H19N3O3. The van der Waals surface area contributed by atoms with E-state index in [1.165, 1.54) is 38.8 Å². The van der Waals surface area contributed by atoms with Crippen LogP contribution < -0.4 is 10.6 Å². The fourth-order valence-corrected chi connectivity index (χ4v) is 2.97. The zero-order valence-corrected chi connectivity index (χ0v) is 12.0. The summed E-state index contributed by atoms with van der Waals surface area (Å²) < 4.78 is 0. The van der Waals surface area contributed by atoms with Crippen LogP contribution in [-0.4, -0.2) is 24.4 Å². The first-order chi connectivity index (χ1) is 10.1. The molecule has 1 aromatic carbocycles. The first kappa shape index (κ1) is 13.9. The SMILES string of the molecule is CNC(=O)c1ccc(NCC2(C3CC3)CC2)c([N+](=O)[O-])c1. The van der Waals surface area contributed by atoms with Crippen LogP contribution in [0.2, 0.25) is 0 Å². The van der Waals surface area contributed by atoms with E-state index >= 15 is 0 Å². The zero-order chi connectivity index (χ0) is 15.0. The fourth-order valence-electron chi connectivity index (χ4n) is 2.97. The molecule has 0 unspecified atom stereocenters. The highest BCUT2D eigenvalue weighted by Gasteiger charge is 2.53. The van der Waals surface area contributed by atoms with Gasteiger partial charge in [-0.05, 0) is 49.1 Å². The largest absolute Gasteiger partial charge is 0.379 e. The maximum absolute atomic E-state index is 11.6. The van der Waals surface area contributed by atoms with E-state index in [4.69, 9.17) is 0 Å². The van der Waals surface area contributed by atoms with Gasteiger partial charge >= 0.3 is 0 Å². The summed E-state index contributed by atoms with van der Waals surface area (Å²) in [5.74, 6) is 0.482. The number of hydrogen-bond donors (Lipinski definition) is 2. The molecule has 1 amide bonds. The molecule has 0 heterocycles. The second-order valence-electron chi connectivity index (χ2n) is 6.06. The number of nitro groups is 1. The smallest absolute Gasteiger partial charge is 0.293 e. The maximum Gasteiger partial charge on any atom is 0.293 e. The lowest BCUT2D eigenvalue weighted by molar-refractivity contribution is -0.384. The van der Waals surface area contributed by atoms with E-state index in [1.807, 2.05) is 0 Å². The normalized spacial score (nSPS) is 18.9. The van der Waals surface area contributed by atoms with Crippen LogP contribution in [0.1, 0.15) is 36.0 Å². The molecule has 1 aromatic rings. The van der Waals surface area contributed by atoms with E-state index in [-0.39, 0.29) is 11.6 Å². The molecule has 3 rings (SSSR count). The van der Waals surface area contributed by atoms with Crippen molar-refractivity contribution in [2.45, 2.75) is 25.7 Å². The van der Waals surface area contributed by atoms with E-state index < -0.39 is 4.92 Å². The number of nitro benzene ring substituents is 1. The maximum atomic E-state index is 11.6. The Morgan fingerprint density at radius 3 is 2.67 bits per heavy atom. The fraction of sp³-hybridized carbons (Fsp3) is 0.533. The average Bonchev–Trinajstić information content (AvgIpc) is 3.36. The highest BCUT2D eigenvalue weighted by molar-refractivity contribution is 5.95. The van der Waals surface area contributed by atoms with Crippen LogP contribution in [0.15, 0.2) is 18.2 Å². The molecule has 0 aromatic heterocycles. The van der Waals surface area contributed by atoms with Gasteiger partial charge in [0.2, 0.25) is 0 Å². The average molecular weight is 289 g/mol. The monoisotopic (exact) mass is 289 g/mol. The van der Waals surface area contributed by atoms with Gasteiger partial charge in [-0.3, -0.25) is 14.9 Å². The van der Waals surface area contributed by atoms with Crippen molar-refractivity contribution in [2.24, 2.45) is 11.3 Å². The molecule has 6 nitrogen and oxygen atoms in total. The second-order valence-corrected chi connectivity index (χ2v) is 6.06. The summed E-state index contributed by atoms with van der Waals surface area (Å²) >= 11 is 0. The molecule has 0 aliphatic heterocycles. The predicted molar refractivity (Wildman–Crippen MR) is 79.4 cm³/mol. The third kappa shape index (κ3) is 2.70. The topological polar surface area (TPSA) is 84.3 Å². The van der Waals surface area contributed by atoms with Gasteiger partial charge in [0.25, 0.3) is 11.6 Å². The van der Waals surface area contributed by atoms with Crippen molar-refractivity contribution in [3.63, 3.8) is 0 Å². The van der Waals surface area contributed by atoms with Crippen LogP contribution in [0.4, 0.5) is 11.4 Å². The minimum atomic E-state index is -0.439. The minimum absolute atomic E-state index is 0.0392. The number of benzene rings is 1. The van der Waals surface area contributed by atoms with Crippen molar-refractivity contribution in [2.75, 3.05) is 18.9 Å². The summed E-state index contributed by atoms with van der Waals surface area (Å²) in [4.78, 5) is 22.3. The van der Waals surface area contributed by atoms with Gasteiger partial charge in [-0.15, -0.1) is 0 Å². The van der Waals surface area contributed by atoms with Gasteiger partial charge in [-0.2, -0.15) is 0 Å². The molecular weight excluding hydrogens is 270 g/mol. The van der Waals surface area contributed by atoms with Gasteiger partial charge in [-0.1, -0.05) is 0 Å². The van der Waals surface area contributed by atoms with E-state index in [2.05, 4.69) is 10.6 Å². The summed E-state index contributed by atoms with van der Waals surface area (Å²) in [5.41, 5.74) is 1.13. The summed E-state index contributed by atoms with van der Waals surface area (Å²) in [5, 5.41) is 16.9. The third-order valence-corrected chi connectivity index (χ3v) is 4.65. The Morgan fingerprint density at radius 2 is 2.14 bits per heavy atom.